The number of aromatic nitrogens is 2. The predicted octanol–water partition coefficient (Wildman–Crippen LogP) is 0.0897. The Morgan fingerprint density at radius 1 is 1.50 bits per heavy atom. The molecule has 0 amide bonds. The summed E-state index contributed by atoms with van der Waals surface area (Å²) in [5, 5.41) is 3.89. The van der Waals surface area contributed by atoms with Gasteiger partial charge in [0.2, 0.25) is 5.89 Å². The molecule has 0 aliphatic carbocycles. The second-order valence-electron chi connectivity index (χ2n) is 3.80. The van der Waals surface area contributed by atoms with E-state index in [-0.39, 0.29) is 12.0 Å². The minimum absolute atomic E-state index is 0.0355. The van der Waals surface area contributed by atoms with Crippen LogP contribution in [0.4, 0.5) is 0 Å². The number of nitrogens with two attached hydrogens (primary N) is 1. The molecule has 0 spiro atoms. The van der Waals surface area contributed by atoms with E-state index >= 15 is 0 Å². The summed E-state index contributed by atoms with van der Waals surface area (Å²) in [5.74, 6) is 1.28. The number of hydrogen-bond acceptors (Lipinski definition) is 6. The highest BCUT2D eigenvalue weighted by molar-refractivity contribution is 5.01. The smallest absolute Gasteiger partial charge is 0.233 e. The summed E-state index contributed by atoms with van der Waals surface area (Å²) in [4.78, 5) is 4.30. The molecule has 6 heteroatoms. The van der Waals surface area contributed by atoms with Crippen molar-refractivity contribution in [1.29, 1.82) is 0 Å². The van der Waals surface area contributed by atoms with Crippen LogP contribution in [0.25, 0.3) is 0 Å². The Morgan fingerprint density at radius 2 is 2.38 bits per heavy atom. The van der Waals surface area contributed by atoms with Gasteiger partial charge in [0.25, 0.3) is 0 Å². The van der Waals surface area contributed by atoms with E-state index in [1.54, 1.807) is 0 Å². The van der Waals surface area contributed by atoms with Gasteiger partial charge in [0.15, 0.2) is 5.82 Å². The zero-order valence-electron chi connectivity index (χ0n) is 9.39. The third-order valence-corrected chi connectivity index (χ3v) is 2.60. The molecule has 2 N–H and O–H groups in total. The third kappa shape index (κ3) is 2.58. The molecule has 6 nitrogen and oxygen atoms in total. The Kier molecular flexibility index (Phi) is 3.87. The Balaban J connectivity index is 1.91. The SMILES string of the molecule is CCOCCc1noc(C2COCC2N)n1. The maximum Gasteiger partial charge on any atom is 0.233 e. The van der Waals surface area contributed by atoms with E-state index < -0.39 is 0 Å². The molecule has 1 aliphatic heterocycles. The average molecular weight is 227 g/mol. The van der Waals surface area contributed by atoms with E-state index in [1.807, 2.05) is 6.92 Å². The van der Waals surface area contributed by atoms with Gasteiger partial charge in [-0.1, -0.05) is 5.16 Å². The lowest BCUT2D eigenvalue weighted by atomic mass is 10.1. The van der Waals surface area contributed by atoms with Crippen LogP contribution < -0.4 is 5.73 Å². The standard InChI is InChI=1S/C10H17N3O3/c1-2-14-4-3-9-12-10(16-13-9)7-5-15-6-8(7)11/h7-8H,2-6,11H2,1H3. The van der Waals surface area contributed by atoms with Crippen molar-refractivity contribution in [1.82, 2.24) is 10.1 Å². The fraction of sp³-hybridized carbons (Fsp3) is 0.800. The van der Waals surface area contributed by atoms with Crippen molar-refractivity contribution in [2.75, 3.05) is 26.4 Å². The summed E-state index contributed by atoms with van der Waals surface area (Å²) >= 11 is 0. The highest BCUT2D eigenvalue weighted by Crippen LogP contribution is 2.22. The van der Waals surface area contributed by atoms with E-state index in [2.05, 4.69) is 10.1 Å². The normalized spacial score (nSPS) is 25.1. The Morgan fingerprint density at radius 3 is 3.06 bits per heavy atom. The molecule has 16 heavy (non-hydrogen) atoms. The van der Waals surface area contributed by atoms with E-state index in [4.69, 9.17) is 19.7 Å². The molecule has 0 bridgehead atoms. The molecule has 0 saturated carbocycles. The van der Waals surface area contributed by atoms with E-state index in [0.29, 0.717) is 44.6 Å². The van der Waals surface area contributed by atoms with Crippen LogP contribution in [0, 0.1) is 0 Å². The van der Waals surface area contributed by atoms with E-state index in [0.717, 1.165) is 0 Å². The summed E-state index contributed by atoms with van der Waals surface area (Å²) in [6, 6.07) is -0.0415. The lowest BCUT2D eigenvalue weighted by Gasteiger charge is -2.06. The summed E-state index contributed by atoms with van der Waals surface area (Å²) in [5.41, 5.74) is 5.86. The second kappa shape index (κ2) is 5.38. The van der Waals surface area contributed by atoms with Crippen LogP contribution in [0.15, 0.2) is 4.52 Å². The quantitative estimate of drug-likeness (QED) is 0.718. The van der Waals surface area contributed by atoms with Crippen LogP contribution in [0.2, 0.25) is 0 Å². The van der Waals surface area contributed by atoms with Gasteiger partial charge in [0.05, 0.1) is 25.7 Å². The van der Waals surface area contributed by atoms with Crippen LogP contribution in [0.5, 0.6) is 0 Å². The highest BCUT2D eigenvalue weighted by atomic mass is 16.5. The lowest BCUT2D eigenvalue weighted by Crippen LogP contribution is -2.27. The lowest BCUT2D eigenvalue weighted by molar-refractivity contribution is 0.149. The monoisotopic (exact) mass is 227 g/mol. The second-order valence-corrected chi connectivity index (χ2v) is 3.80. The van der Waals surface area contributed by atoms with Crippen LogP contribution >= 0.6 is 0 Å². The molecule has 90 valence electrons. The van der Waals surface area contributed by atoms with Crippen LogP contribution in [0.1, 0.15) is 24.6 Å². The first-order valence-corrected chi connectivity index (χ1v) is 5.54. The van der Waals surface area contributed by atoms with Crippen LogP contribution in [0.3, 0.4) is 0 Å². The van der Waals surface area contributed by atoms with Gasteiger partial charge in [0.1, 0.15) is 0 Å². The molecule has 2 atom stereocenters. The largest absolute Gasteiger partial charge is 0.381 e. The zero-order valence-corrected chi connectivity index (χ0v) is 9.39. The van der Waals surface area contributed by atoms with Crippen molar-refractivity contribution in [2.45, 2.75) is 25.3 Å². The fourth-order valence-electron chi connectivity index (χ4n) is 1.65. The Bertz CT molecular complexity index is 329. The maximum absolute atomic E-state index is 5.86. The molecule has 1 aliphatic rings. The molecule has 2 unspecified atom stereocenters. The van der Waals surface area contributed by atoms with Gasteiger partial charge in [-0.25, -0.2) is 0 Å². The van der Waals surface area contributed by atoms with Crippen molar-refractivity contribution in [3.8, 4) is 0 Å². The average Bonchev–Trinajstić information content (AvgIpc) is 2.87. The molecule has 2 heterocycles. The summed E-state index contributed by atoms with van der Waals surface area (Å²) < 4.78 is 15.6. The first-order valence-electron chi connectivity index (χ1n) is 5.54. The zero-order chi connectivity index (χ0) is 11.4. The van der Waals surface area contributed by atoms with E-state index in [9.17, 15) is 0 Å². The number of nitrogens with zero attached hydrogens (tertiary/aromatic N) is 2. The van der Waals surface area contributed by atoms with E-state index in [1.165, 1.54) is 0 Å². The molecule has 0 aromatic carbocycles. The number of rotatable bonds is 5. The molecule has 2 rings (SSSR count). The highest BCUT2D eigenvalue weighted by Gasteiger charge is 2.31. The molecule has 1 aromatic rings. The van der Waals surface area contributed by atoms with Crippen LogP contribution in [-0.4, -0.2) is 42.6 Å². The molecule has 1 fully saturated rings. The van der Waals surface area contributed by atoms with Gasteiger partial charge in [-0.3, -0.25) is 0 Å². The van der Waals surface area contributed by atoms with Crippen molar-refractivity contribution in [3.05, 3.63) is 11.7 Å². The molecular formula is C10H17N3O3. The minimum Gasteiger partial charge on any atom is -0.381 e. The number of hydrogen-bond donors (Lipinski definition) is 1. The van der Waals surface area contributed by atoms with Crippen molar-refractivity contribution in [2.24, 2.45) is 5.73 Å². The van der Waals surface area contributed by atoms with Crippen LogP contribution in [-0.2, 0) is 15.9 Å². The summed E-state index contributed by atoms with van der Waals surface area (Å²) in [7, 11) is 0. The minimum atomic E-state index is -0.0415. The summed E-state index contributed by atoms with van der Waals surface area (Å²) in [6.45, 7) is 4.39. The molecule has 1 saturated heterocycles. The van der Waals surface area contributed by atoms with Gasteiger partial charge >= 0.3 is 0 Å². The van der Waals surface area contributed by atoms with Gasteiger partial charge in [0, 0.05) is 19.1 Å². The first kappa shape index (κ1) is 11.5. The van der Waals surface area contributed by atoms with Crippen molar-refractivity contribution in [3.63, 3.8) is 0 Å². The molecule has 0 radical (unpaired) electrons. The van der Waals surface area contributed by atoms with Gasteiger partial charge in [-0.2, -0.15) is 4.98 Å². The molecule has 1 aromatic heterocycles. The predicted molar refractivity (Wildman–Crippen MR) is 56.0 cm³/mol. The topological polar surface area (TPSA) is 83.4 Å². The van der Waals surface area contributed by atoms with Crippen molar-refractivity contribution < 1.29 is 14.0 Å². The third-order valence-electron chi connectivity index (χ3n) is 2.60. The van der Waals surface area contributed by atoms with Gasteiger partial charge < -0.3 is 19.7 Å². The maximum atomic E-state index is 5.86. The first-order chi connectivity index (χ1) is 7.81. The molecular weight excluding hydrogens is 210 g/mol. The fourth-order valence-corrected chi connectivity index (χ4v) is 1.65. The van der Waals surface area contributed by atoms with Gasteiger partial charge in [-0.05, 0) is 6.92 Å². The van der Waals surface area contributed by atoms with Gasteiger partial charge in [-0.15, -0.1) is 0 Å². The Hall–Kier alpha value is -0.980. The summed E-state index contributed by atoms with van der Waals surface area (Å²) in [6.07, 6.45) is 0.667. The Labute approximate surface area is 94.1 Å². The number of ether oxygens (including phenoxy) is 2. The van der Waals surface area contributed by atoms with Crippen molar-refractivity contribution >= 4 is 0 Å².